The van der Waals surface area contributed by atoms with Gasteiger partial charge in [0.15, 0.2) is 0 Å². The Balaban J connectivity index is 1.95. The molecule has 2 amide bonds. The van der Waals surface area contributed by atoms with Crippen LogP contribution >= 0.6 is 11.3 Å². The van der Waals surface area contributed by atoms with E-state index < -0.39 is 0 Å². The highest BCUT2D eigenvalue weighted by Crippen LogP contribution is 2.12. The van der Waals surface area contributed by atoms with Crippen molar-refractivity contribution in [2.75, 3.05) is 12.4 Å². The van der Waals surface area contributed by atoms with Gasteiger partial charge in [0.1, 0.15) is 0 Å². The number of nitriles is 1. The average Bonchev–Trinajstić information content (AvgIpc) is 2.85. The monoisotopic (exact) mass is 286 g/mol. The van der Waals surface area contributed by atoms with Crippen LogP contribution in [-0.4, -0.2) is 23.0 Å². The molecule has 0 spiro atoms. The summed E-state index contributed by atoms with van der Waals surface area (Å²) in [6.45, 7) is 2.40. The third kappa shape index (κ3) is 3.56. The molecule has 0 bridgehead atoms. The molecule has 0 saturated carbocycles. The van der Waals surface area contributed by atoms with Gasteiger partial charge in [-0.25, -0.2) is 9.78 Å². The van der Waals surface area contributed by atoms with Gasteiger partial charge in [-0.1, -0.05) is 0 Å². The van der Waals surface area contributed by atoms with Gasteiger partial charge in [0.25, 0.3) is 0 Å². The number of hydrogen-bond donors (Lipinski definition) is 1. The lowest BCUT2D eigenvalue weighted by Crippen LogP contribution is -2.30. The van der Waals surface area contributed by atoms with Crippen molar-refractivity contribution >= 4 is 23.1 Å². The van der Waals surface area contributed by atoms with Crippen molar-refractivity contribution in [3.63, 3.8) is 0 Å². The quantitative estimate of drug-likeness (QED) is 0.943. The number of amides is 2. The van der Waals surface area contributed by atoms with Crippen molar-refractivity contribution < 1.29 is 4.79 Å². The zero-order chi connectivity index (χ0) is 14.5. The minimum Gasteiger partial charge on any atom is -0.322 e. The predicted molar refractivity (Wildman–Crippen MR) is 78.5 cm³/mol. The molecule has 0 unspecified atom stereocenters. The van der Waals surface area contributed by atoms with Crippen LogP contribution in [0.3, 0.4) is 0 Å². The van der Waals surface area contributed by atoms with Crippen molar-refractivity contribution in [2.24, 2.45) is 0 Å². The van der Waals surface area contributed by atoms with Gasteiger partial charge < -0.3 is 10.2 Å². The maximum absolute atomic E-state index is 12.0. The summed E-state index contributed by atoms with van der Waals surface area (Å²) in [5.74, 6) is 0. The number of aryl methyl sites for hydroxylation is 1. The molecule has 0 fully saturated rings. The Morgan fingerprint density at radius 1 is 1.45 bits per heavy atom. The van der Waals surface area contributed by atoms with Crippen LogP contribution in [0.2, 0.25) is 0 Å². The van der Waals surface area contributed by atoms with E-state index >= 15 is 0 Å². The van der Waals surface area contributed by atoms with Crippen molar-refractivity contribution in [1.29, 1.82) is 5.26 Å². The molecule has 1 N–H and O–H groups in total. The summed E-state index contributed by atoms with van der Waals surface area (Å²) in [5.41, 5.74) is 2.11. The fourth-order valence-electron chi connectivity index (χ4n) is 1.64. The minimum atomic E-state index is -0.208. The van der Waals surface area contributed by atoms with Crippen LogP contribution in [0.15, 0.2) is 29.6 Å². The number of anilines is 1. The molecule has 1 aromatic carbocycles. The largest absolute Gasteiger partial charge is 0.322 e. The molecule has 0 atom stereocenters. The molecule has 0 saturated heterocycles. The SMILES string of the molecule is Cc1nc(CN(C)C(=O)Nc2ccc(C#N)cc2)cs1. The van der Waals surface area contributed by atoms with Gasteiger partial charge in [0.05, 0.1) is 28.9 Å². The Kier molecular flexibility index (Phi) is 4.33. The third-order valence-electron chi connectivity index (χ3n) is 2.68. The fourth-order valence-corrected chi connectivity index (χ4v) is 2.25. The molecule has 102 valence electrons. The Morgan fingerprint density at radius 2 is 2.15 bits per heavy atom. The van der Waals surface area contributed by atoms with Crippen molar-refractivity contribution in [3.8, 4) is 6.07 Å². The summed E-state index contributed by atoms with van der Waals surface area (Å²) < 4.78 is 0. The molecule has 1 aromatic heterocycles. The van der Waals surface area contributed by atoms with Crippen LogP contribution in [0.5, 0.6) is 0 Å². The van der Waals surface area contributed by atoms with Gasteiger partial charge in [0.2, 0.25) is 0 Å². The standard InChI is InChI=1S/C14H14N4OS/c1-10-16-13(9-20-10)8-18(2)14(19)17-12-5-3-11(7-15)4-6-12/h3-6,9H,8H2,1-2H3,(H,17,19). The van der Waals surface area contributed by atoms with E-state index in [1.165, 1.54) is 0 Å². The molecule has 2 aromatic rings. The van der Waals surface area contributed by atoms with Crippen molar-refractivity contribution in [2.45, 2.75) is 13.5 Å². The zero-order valence-electron chi connectivity index (χ0n) is 11.3. The van der Waals surface area contributed by atoms with E-state index in [-0.39, 0.29) is 6.03 Å². The molecule has 0 aliphatic carbocycles. The minimum absolute atomic E-state index is 0.208. The molecule has 6 heteroatoms. The average molecular weight is 286 g/mol. The zero-order valence-corrected chi connectivity index (χ0v) is 12.1. The highest BCUT2D eigenvalue weighted by molar-refractivity contribution is 7.09. The number of nitrogens with one attached hydrogen (secondary N) is 1. The van der Waals surface area contributed by atoms with Crippen LogP contribution < -0.4 is 5.32 Å². The third-order valence-corrected chi connectivity index (χ3v) is 3.50. The maximum atomic E-state index is 12.0. The van der Waals surface area contributed by atoms with Gasteiger partial charge in [0, 0.05) is 18.1 Å². The van der Waals surface area contributed by atoms with E-state index in [2.05, 4.69) is 10.3 Å². The Morgan fingerprint density at radius 3 is 2.70 bits per heavy atom. The number of benzene rings is 1. The summed E-state index contributed by atoms with van der Waals surface area (Å²) in [6, 6.07) is 8.57. The smallest absolute Gasteiger partial charge is 0.321 e. The van der Waals surface area contributed by atoms with Crippen LogP contribution in [-0.2, 0) is 6.54 Å². The molecular weight excluding hydrogens is 272 g/mol. The second-order valence-corrected chi connectivity index (χ2v) is 5.40. The number of rotatable bonds is 3. The second-order valence-electron chi connectivity index (χ2n) is 4.33. The molecule has 0 radical (unpaired) electrons. The summed E-state index contributed by atoms with van der Waals surface area (Å²) in [4.78, 5) is 17.9. The van der Waals surface area contributed by atoms with Gasteiger partial charge in [-0.3, -0.25) is 0 Å². The topological polar surface area (TPSA) is 69.0 Å². The van der Waals surface area contributed by atoms with E-state index in [9.17, 15) is 4.79 Å². The molecule has 1 heterocycles. The number of nitrogens with zero attached hydrogens (tertiary/aromatic N) is 3. The molecule has 5 nitrogen and oxygen atoms in total. The number of thiazole rings is 1. The fraction of sp³-hybridized carbons (Fsp3) is 0.214. The summed E-state index contributed by atoms with van der Waals surface area (Å²) in [6.07, 6.45) is 0. The molecule has 0 aliphatic heterocycles. The lowest BCUT2D eigenvalue weighted by molar-refractivity contribution is 0.220. The number of carbonyl (C=O) groups excluding carboxylic acids is 1. The molecule has 2 rings (SSSR count). The van der Waals surface area contributed by atoms with Gasteiger partial charge >= 0.3 is 6.03 Å². The van der Waals surface area contributed by atoms with Crippen LogP contribution in [0.25, 0.3) is 0 Å². The maximum Gasteiger partial charge on any atom is 0.321 e. The van der Waals surface area contributed by atoms with Gasteiger partial charge in [-0.2, -0.15) is 5.26 Å². The summed E-state index contributed by atoms with van der Waals surface area (Å²) in [5, 5.41) is 14.4. The highest BCUT2D eigenvalue weighted by atomic mass is 32.1. The molecular formula is C14H14N4OS. The van der Waals surface area contributed by atoms with E-state index in [1.54, 1.807) is 47.5 Å². The van der Waals surface area contributed by atoms with Crippen LogP contribution in [0.4, 0.5) is 10.5 Å². The predicted octanol–water partition coefficient (Wildman–Crippen LogP) is 2.99. The number of hydrogen-bond acceptors (Lipinski definition) is 4. The van der Waals surface area contributed by atoms with E-state index in [0.29, 0.717) is 17.8 Å². The van der Waals surface area contributed by atoms with Crippen molar-refractivity contribution in [1.82, 2.24) is 9.88 Å². The lowest BCUT2D eigenvalue weighted by atomic mass is 10.2. The van der Waals surface area contributed by atoms with E-state index in [0.717, 1.165) is 10.7 Å². The summed E-state index contributed by atoms with van der Waals surface area (Å²) in [7, 11) is 1.72. The first-order chi connectivity index (χ1) is 9.58. The lowest BCUT2D eigenvalue weighted by Gasteiger charge is -2.16. The Hall–Kier alpha value is -2.39. The van der Waals surface area contributed by atoms with Gasteiger partial charge in [-0.15, -0.1) is 11.3 Å². The number of aromatic nitrogens is 1. The molecule has 20 heavy (non-hydrogen) atoms. The Labute approximate surface area is 121 Å². The van der Waals surface area contributed by atoms with Gasteiger partial charge in [-0.05, 0) is 31.2 Å². The van der Waals surface area contributed by atoms with E-state index in [1.807, 2.05) is 18.4 Å². The van der Waals surface area contributed by atoms with Crippen molar-refractivity contribution in [3.05, 3.63) is 45.9 Å². The normalized spacial score (nSPS) is 9.85. The molecule has 0 aliphatic rings. The summed E-state index contributed by atoms with van der Waals surface area (Å²) >= 11 is 1.57. The van der Waals surface area contributed by atoms with E-state index in [4.69, 9.17) is 5.26 Å². The van der Waals surface area contributed by atoms with Crippen LogP contribution in [0, 0.1) is 18.3 Å². The van der Waals surface area contributed by atoms with Crippen LogP contribution in [0.1, 0.15) is 16.3 Å². The number of urea groups is 1. The second kappa shape index (κ2) is 6.17. The number of carbonyl (C=O) groups is 1. The highest BCUT2D eigenvalue weighted by Gasteiger charge is 2.10. The first-order valence-corrected chi connectivity index (χ1v) is 6.90. The Bertz CT molecular complexity index is 642. The first kappa shape index (κ1) is 14.0. The first-order valence-electron chi connectivity index (χ1n) is 6.02.